The molecule has 0 aliphatic heterocycles. The number of hydrogen-bond donors (Lipinski definition) is 2. The van der Waals surface area contributed by atoms with Gasteiger partial charge in [-0.3, -0.25) is 20.4 Å². The molecule has 2 amide bonds. The van der Waals surface area contributed by atoms with Gasteiger partial charge < -0.3 is 4.42 Å². The molecule has 0 spiro atoms. The summed E-state index contributed by atoms with van der Waals surface area (Å²) < 4.78 is 6.73. The van der Waals surface area contributed by atoms with Crippen LogP contribution in [0.15, 0.2) is 66.7 Å². The summed E-state index contributed by atoms with van der Waals surface area (Å²) in [6.07, 6.45) is 0. The zero-order chi connectivity index (χ0) is 18.0. The molecule has 0 saturated carbocycles. The van der Waals surface area contributed by atoms with Crippen molar-refractivity contribution in [2.45, 2.75) is 0 Å². The standard InChI is InChI=1S/C17H10Br2N2O4/c18-11-3-1-9(2-4-11)15(22)20-21-16(23)13-8-10-7-12(19)5-6-14(10)25-17(13)24/h1-8H,(H,20,22)(H,21,23). The predicted molar refractivity (Wildman–Crippen MR) is 99.3 cm³/mol. The molecule has 25 heavy (non-hydrogen) atoms. The van der Waals surface area contributed by atoms with Crippen LogP contribution in [0.1, 0.15) is 20.7 Å². The van der Waals surface area contributed by atoms with Crippen molar-refractivity contribution in [1.82, 2.24) is 10.9 Å². The van der Waals surface area contributed by atoms with Crippen LogP contribution >= 0.6 is 31.9 Å². The highest BCUT2D eigenvalue weighted by molar-refractivity contribution is 9.10. The average Bonchev–Trinajstić information content (AvgIpc) is 2.59. The van der Waals surface area contributed by atoms with Crippen LogP contribution in [-0.2, 0) is 0 Å². The van der Waals surface area contributed by atoms with Crippen LogP contribution in [0.4, 0.5) is 0 Å². The first kappa shape index (κ1) is 17.4. The number of amides is 2. The first-order chi connectivity index (χ1) is 11.9. The fourth-order valence-electron chi connectivity index (χ4n) is 2.11. The normalized spacial score (nSPS) is 10.5. The van der Waals surface area contributed by atoms with Crippen LogP contribution in [0.3, 0.4) is 0 Å². The molecule has 3 aromatic rings. The predicted octanol–water partition coefficient (Wildman–Crippen LogP) is 3.39. The number of nitrogens with one attached hydrogen (secondary N) is 2. The maximum Gasteiger partial charge on any atom is 0.349 e. The van der Waals surface area contributed by atoms with Gasteiger partial charge in [0, 0.05) is 19.9 Å². The molecule has 2 N–H and O–H groups in total. The first-order valence-electron chi connectivity index (χ1n) is 7.04. The van der Waals surface area contributed by atoms with E-state index in [4.69, 9.17) is 4.42 Å². The van der Waals surface area contributed by atoms with Gasteiger partial charge in [0.15, 0.2) is 0 Å². The highest BCUT2D eigenvalue weighted by Gasteiger charge is 2.15. The molecule has 0 aliphatic carbocycles. The maximum absolute atomic E-state index is 12.2. The van der Waals surface area contributed by atoms with Gasteiger partial charge in [-0.1, -0.05) is 31.9 Å². The lowest BCUT2D eigenvalue weighted by Crippen LogP contribution is -2.43. The Morgan fingerprint density at radius 2 is 1.48 bits per heavy atom. The van der Waals surface area contributed by atoms with E-state index in [-0.39, 0.29) is 5.56 Å². The lowest BCUT2D eigenvalue weighted by Gasteiger charge is -2.07. The monoisotopic (exact) mass is 464 g/mol. The molecular weight excluding hydrogens is 456 g/mol. The molecule has 0 bridgehead atoms. The van der Waals surface area contributed by atoms with Crippen molar-refractivity contribution in [3.63, 3.8) is 0 Å². The second kappa shape index (κ2) is 7.20. The summed E-state index contributed by atoms with van der Waals surface area (Å²) in [6.45, 7) is 0. The van der Waals surface area contributed by atoms with E-state index < -0.39 is 17.4 Å². The molecule has 0 aliphatic rings. The minimum absolute atomic E-state index is 0.207. The third-order valence-corrected chi connectivity index (χ3v) is 4.36. The lowest BCUT2D eigenvalue weighted by molar-refractivity contribution is 0.0844. The molecular formula is C17H10Br2N2O4. The summed E-state index contributed by atoms with van der Waals surface area (Å²) in [5.41, 5.74) is 4.20. The summed E-state index contributed by atoms with van der Waals surface area (Å²) in [6, 6.07) is 13.1. The molecule has 126 valence electrons. The summed E-state index contributed by atoms with van der Waals surface area (Å²) in [5, 5.41) is 0.582. The Hall–Kier alpha value is -2.45. The van der Waals surface area contributed by atoms with Crippen molar-refractivity contribution in [2.75, 3.05) is 0 Å². The van der Waals surface area contributed by atoms with E-state index in [0.717, 1.165) is 8.95 Å². The number of carbonyl (C=O) groups is 2. The second-order valence-electron chi connectivity index (χ2n) is 5.04. The van der Waals surface area contributed by atoms with Crippen LogP contribution in [0.25, 0.3) is 11.0 Å². The number of halogens is 2. The average molecular weight is 466 g/mol. The quantitative estimate of drug-likeness (QED) is 0.448. The summed E-state index contributed by atoms with van der Waals surface area (Å²) >= 11 is 6.58. The van der Waals surface area contributed by atoms with E-state index in [1.54, 1.807) is 42.5 Å². The van der Waals surface area contributed by atoms with Crippen molar-refractivity contribution in [2.24, 2.45) is 0 Å². The third-order valence-electron chi connectivity index (χ3n) is 3.33. The maximum atomic E-state index is 12.2. The number of hydrogen-bond acceptors (Lipinski definition) is 4. The van der Waals surface area contributed by atoms with Gasteiger partial charge in [-0.2, -0.15) is 0 Å². The van der Waals surface area contributed by atoms with Gasteiger partial charge in [-0.05, 0) is 48.5 Å². The number of benzene rings is 2. The van der Waals surface area contributed by atoms with E-state index in [1.165, 1.54) is 6.07 Å². The summed E-state index contributed by atoms with van der Waals surface area (Å²) in [7, 11) is 0. The van der Waals surface area contributed by atoms with Gasteiger partial charge in [0.1, 0.15) is 11.1 Å². The molecule has 0 radical (unpaired) electrons. The van der Waals surface area contributed by atoms with Crippen LogP contribution in [0, 0.1) is 0 Å². The minimum Gasteiger partial charge on any atom is -0.422 e. The highest BCUT2D eigenvalue weighted by Crippen LogP contribution is 2.19. The third kappa shape index (κ3) is 3.97. The Kier molecular flexibility index (Phi) is 5.00. The van der Waals surface area contributed by atoms with Gasteiger partial charge in [0.2, 0.25) is 0 Å². The van der Waals surface area contributed by atoms with E-state index in [0.29, 0.717) is 16.5 Å². The molecule has 8 heteroatoms. The number of rotatable bonds is 2. The summed E-state index contributed by atoms with van der Waals surface area (Å²) in [5.74, 6) is -1.27. The lowest BCUT2D eigenvalue weighted by atomic mass is 10.2. The molecule has 0 saturated heterocycles. The molecule has 0 fully saturated rings. The van der Waals surface area contributed by atoms with Crippen LogP contribution in [-0.4, -0.2) is 11.8 Å². The Labute approximate surface area is 158 Å². The van der Waals surface area contributed by atoms with Crippen molar-refractivity contribution < 1.29 is 14.0 Å². The Bertz CT molecular complexity index is 1030. The Morgan fingerprint density at radius 1 is 0.840 bits per heavy atom. The Balaban J connectivity index is 1.78. The molecule has 0 unspecified atom stereocenters. The smallest absolute Gasteiger partial charge is 0.349 e. The van der Waals surface area contributed by atoms with Gasteiger partial charge in [-0.25, -0.2) is 4.79 Å². The Morgan fingerprint density at radius 3 is 2.20 bits per heavy atom. The molecule has 6 nitrogen and oxygen atoms in total. The van der Waals surface area contributed by atoms with E-state index in [2.05, 4.69) is 42.7 Å². The van der Waals surface area contributed by atoms with Crippen molar-refractivity contribution in [3.8, 4) is 0 Å². The largest absolute Gasteiger partial charge is 0.422 e. The first-order valence-corrected chi connectivity index (χ1v) is 8.62. The minimum atomic E-state index is -0.787. The van der Waals surface area contributed by atoms with E-state index in [9.17, 15) is 14.4 Å². The topological polar surface area (TPSA) is 88.4 Å². The molecule has 2 aromatic carbocycles. The molecule has 1 heterocycles. The fraction of sp³-hybridized carbons (Fsp3) is 0. The van der Waals surface area contributed by atoms with Gasteiger partial charge in [-0.15, -0.1) is 0 Å². The van der Waals surface area contributed by atoms with E-state index in [1.807, 2.05) is 0 Å². The zero-order valence-electron chi connectivity index (χ0n) is 12.5. The second-order valence-corrected chi connectivity index (χ2v) is 6.88. The van der Waals surface area contributed by atoms with Gasteiger partial charge in [0.05, 0.1) is 0 Å². The highest BCUT2D eigenvalue weighted by atomic mass is 79.9. The molecule has 1 aromatic heterocycles. The van der Waals surface area contributed by atoms with Crippen molar-refractivity contribution >= 4 is 54.6 Å². The SMILES string of the molecule is O=C(NNC(=O)c1cc2cc(Br)ccc2oc1=O)c1ccc(Br)cc1. The van der Waals surface area contributed by atoms with Crippen LogP contribution in [0.5, 0.6) is 0 Å². The van der Waals surface area contributed by atoms with Gasteiger partial charge >= 0.3 is 5.63 Å². The number of hydrazine groups is 1. The fourth-order valence-corrected chi connectivity index (χ4v) is 2.75. The van der Waals surface area contributed by atoms with Crippen molar-refractivity contribution in [1.29, 1.82) is 0 Å². The molecule has 3 rings (SSSR count). The van der Waals surface area contributed by atoms with E-state index >= 15 is 0 Å². The van der Waals surface area contributed by atoms with Crippen LogP contribution < -0.4 is 16.5 Å². The number of carbonyl (C=O) groups excluding carboxylic acids is 2. The summed E-state index contributed by atoms with van der Waals surface area (Å²) in [4.78, 5) is 36.1. The van der Waals surface area contributed by atoms with Crippen molar-refractivity contribution in [3.05, 3.63) is 79.0 Å². The number of fused-ring (bicyclic) bond motifs is 1. The zero-order valence-corrected chi connectivity index (χ0v) is 15.7. The van der Waals surface area contributed by atoms with Gasteiger partial charge in [0.25, 0.3) is 11.8 Å². The molecule has 0 atom stereocenters. The van der Waals surface area contributed by atoms with Crippen LogP contribution in [0.2, 0.25) is 0 Å².